The molecule has 0 aliphatic carbocycles. The molecule has 0 spiro atoms. The number of nitrogens with two attached hydrogens (primary N) is 1. The predicted molar refractivity (Wildman–Crippen MR) is 67.1 cm³/mol. The molecular formula is C10H14N6OS. The third-order valence-electron chi connectivity index (χ3n) is 2.08. The number of hydrazine groups is 1. The molecule has 0 bridgehead atoms. The Morgan fingerprint density at radius 1 is 1.33 bits per heavy atom. The van der Waals surface area contributed by atoms with Gasteiger partial charge in [0.25, 0.3) is 5.22 Å². The molecule has 0 amide bonds. The molecular weight excluding hydrogens is 252 g/mol. The quantitative estimate of drug-likeness (QED) is 0.490. The van der Waals surface area contributed by atoms with E-state index in [4.69, 9.17) is 10.3 Å². The molecule has 0 aliphatic rings. The highest BCUT2D eigenvalue weighted by atomic mass is 32.2. The average molecular weight is 266 g/mol. The Bertz CT molecular complexity index is 541. The SMILES string of the molecule is Cc1nnc(Sc2cc(NN)nc(C(C)C)n2)o1. The first-order valence-electron chi connectivity index (χ1n) is 5.42. The van der Waals surface area contributed by atoms with E-state index in [1.54, 1.807) is 13.0 Å². The highest BCUT2D eigenvalue weighted by Gasteiger charge is 2.11. The van der Waals surface area contributed by atoms with Crippen LogP contribution in [-0.2, 0) is 0 Å². The number of hydrogen-bond acceptors (Lipinski definition) is 8. The fourth-order valence-corrected chi connectivity index (χ4v) is 1.97. The number of aromatic nitrogens is 4. The van der Waals surface area contributed by atoms with Gasteiger partial charge in [0.1, 0.15) is 16.7 Å². The summed E-state index contributed by atoms with van der Waals surface area (Å²) in [6.07, 6.45) is 0. The fraction of sp³-hybridized carbons (Fsp3) is 0.400. The zero-order valence-electron chi connectivity index (χ0n) is 10.3. The van der Waals surface area contributed by atoms with E-state index in [1.165, 1.54) is 11.8 Å². The summed E-state index contributed by atoms with van der Waals surface area (Å²) in [6.45, 7) is 5.77. The molecule has 8 heteroatoms. The lowest BCUT2D eigenvalue weighted by molar-refractivity contribution is 0.429. The second-order valence-corrected chi connectivity index (χ2v) is 4.91. The Morgan fingerprint density at radius 3 is 2.67 bits per heavy atom. The lowest BCUT2D eigenvalue weighted by Gasteiger charge is -2.08. The Kier molecular flexibility index (Phi) is 3.78. The topological polar surface area (TPSA) is 103 Å². The third-order valence-corrected chi connectivity index (χ3v) is 2.84. The minimum Gasteiger partial charge on any atom is -0.416 e. The van der Waals surface area contributed by atoms with Gasteiger partial charge in [-0.25, -0.2) is 15.8 Å². The van der Waals surface area contributed by atoms with E-state index in [1.807, 2.05) is 13.8 Å². The van der Waals surface area contributed by atoms with Crippen LogP contribution >= 0.6 is 11.8 Å². The third kappa shape index (κ3) is 2.96. The monoisotopic (exact) mass is 266 g/mol. The Balaban J connectivity index is 2.29. The van der Waals surface area contributed by atoms with Crippen LogP contribution in [-0.4, -0.2) is 20.2 Å². The summed E-state index contributed by atoms with van der Waals surface area (Å²) in [7, 11) is 0. The summed E-state index contributed by atoms with van der Waals surface area (Å²) in [5.41, 5.74) is 2.52. The molecule has 96 valence electrons. The van der Waals surface area contributed by atoms with Crippen LogP contribution in [0.25, 0.3) is 0 Å². The summed E-state index contributed by atoms with van der Waals surface area (Å²) in [4.78, 5) is 8.68. The number of hydrogen-bond donors (Lipinski definition) is 2. The van der Waals surface area contributed by atoms with Gasteiger partial charge in [-0.2, -0.15) is 0 Å². The molecule has 0 aliphatic heterocycles. The number of nitrogen functional groups attached to an aromatic ring is 1. The smallest absolute Gasteiger partial charge is 0.282 e. The molecule has 2 rings (SSSR count). The summed E-state index contributed by atoms with van der Waals surface area (Å²) >= 11 is 1.28. The van der Waals surface area contributed by atoms with Crippen molar-refractivity contribution in [3.8, 4) is 0 Å². The van der Waals surface area contributed by atoms with Crippen LogP contribution in [0, 0.1) is 6.92 Å². The molecule has 0 aromatic carbocycles. The highest BCUT2D eigenvalue weighted by molar-refractivity contribution is 7.99. The minimum absolute atomic E-state index is 0.210. The second kappa shape index (κ2) is 5.32. The normalized spacial score (nSPS) is 10.9. The van der Waals surface area contributed by atoms with Crippen molar-refractivity contribution in [2.24, 2.45) is 5.84 Å². The molecule has 2 aromatic heterocycles. The van der Waals surface area contributed by atoms with Crippen LogP contribution in [0.1, 0.15) is 31.5 Å². The standard InChI is InChI=1S/C10H14N6OS/c1-5(2)9-12-7(14-11)4-8(13-9)18-10-16-15-6(3)17-10/h4-5H,11H2,1-3H3,(H,12,13,14). The van der Waals surface area contributed by atoms with Gasteiger partial charge in [-0.15, -0.1) is 10.2 Å². The predicted octanol–water partition coefficient (Wildman–Crippen LogP) is 1.73. The van der Waals surface area contributed by atoms with Gasteiger partial charge >= 0.3 is 0 Å². The maximum atomic E-state index is 5.38. The molecule has 2 aromatic rings. The van der Waals surface area contributed by atoms with E-state index in [9.17, 15) is 0 Å². The van der Waals surface area contributed by atoms with Crippen LogP contribution in [0.2, 0.25) is 0 Å². The van der Waals surface area contributed by atoms with Gasteiger partial charge in [0, 0.05) is 18.9 Å². The van der Waals surface area contributed by atoms with Crippen molar-refractivity contribution >= 4 is 17.6 Å². The first-order chi connectivity index (χ1) is 8.58. The van der Waals surface area contributed by atoms with E-state index < -0.39 is 0 Å². The average Bonchev–Trinajstić information content (AvgIpc) is 2.74. The van der Waals surface area contributed by atoms with Gasteiger partial charge in [-0.05, 0) is 11.8 Å². The van der Waals surface area contributed by atoms with E-state index in [-0.39, 0.29) is 5.92 Å². The van der Waals surface area contributed by atoms with Crippen LogP contribution in [0.5, 0.6) is 0 Å². The van der Waals surface area contributed by atoms with Crippen molar-refractivity contribution in [3.05, 3.63) is 17.8 Å². The van der Waals surface area contributed by atoms with Gasteiger partial charge < -0.3 is 9.84 Å². The molecule has 7 nitrogen and oxygen atoms in total. The molecule has 0 atom stereocenters. The van der Waals surface area contributed by atoms with Crippen LogP contribution in [0.15, 0.2) is 20.7 Å². The van der Waals surface area contributed by atoms with E-state index >= 15 is 0 Å². The van der Waals surface area contributed by atoms with Crippen molar-refractivity contribution in [1.29, 1.82) is 0 Å². The van der Waals surface area contributed by atoms with E-state index in [0.29, 0.717) is 27.8 Å². The summed E-state index contributed by atoms with van der Waals surface area (Å²) in [6, 6.07) is 1.73. The zero-order valence-corrected chi connectivity index (χ0v) is 11.2. The van der Waals surface area contributed by atoms with Gasteiger partial charge in [0.05, 0.1) is 0 Å². The lowest BCUT2D eigenvalue weighted by Crippen LogP contribution is -2.11. The zero-order chi connectivity index (χ0) is 13.1. The number of aryl methyl sites for hydroxylation is 1. The van der Waals surface area contributed by atoms with E-state index in [0.717, 1.165) is 0 Å². The number of anilines is 1. The molecule has 18 heavy (non-hydrogen) atoms. The van der Waals surface area contributed by atoms with Crippen molar-refractivity contribution in [1.82, 2.24) is 20.2 Å². The number of nitrogens with zero attached hydrogens (tertiary/aromatic N) is 4. The fourth-order valence-electron chi connectivity index (χ4n) is 1.24. The highest BCUT2D eigenvalue weighted by Crippen LogP contribution is 2.27. The Morgan fingerprint density at radius 2 is 2.11 bits per heavy atom. The first kappa shape index (κ1) is 12.8. The first-order valence-corrected chi connectivity index (χ1v) is 6.23. The Hall–Kier alpha value is -1.67. The molecule has 0 fully saturated rings. The van der Waals surface area contributed by atoms with Gasteiger partial charge in [-0.1, -0.05) is 13.8 Å². The van der Waals surface area contributed by atoms with Crippen molar-refractivity contribution in [2.45, 2.75) is 36.9 Å². The van der Waals surface area contributed by atoms with Gasteiger partial charge in [-0.3, -0.25) is 0 Å². The largest absolute Gasteiger partial charge is 0.416 e. The molecule has 3 N–H and O–H groups in total. The van der Waals surface area contributed by atoms with Crippen molar-refractivity contribution in [2.75, 3.05) is 5.43 Å². The lowest BCUT2D eigenvalue weighted by atomic mass is 10.2. The maximum Gasteiger partial charge on any atom is 0.282 e. The molecule has 0 radical (unpaired) electrons. The summed E-state index contributed by atoms with van der Waals surface area (Å²) in [5.74, 6) is 7.39. The summed E-state index contributed by atoms with van der Waals surface area (Å²) in [5, 5.41) is 8.83. The van der Waals surface area contributed by atoms with Crippen LogP contribution < -0.4 is 11.3 Å². The van der Waals surface area contributed by atoms with Gasteiger partial charge in [0.15, 0.2) is 0 Å². The second-order valence-electron chi connectivity index (χ2n) is 3.94. The van der Waals surface area contributed by atoms with Crippen molar-refractivity contribution < 1.29 is 4.42 Å². The Labute approximate surface area is 109 Å². The molecule has 0 unspecified atom stereocenters. The number of rotatable bonds is 4. The van der Waals surface area contributed by atoms with Gasteiger partial charge in [0.2, 0.25) is 5.89 Å². The van der Waals surface area contributed by atoms with E-state index in [2.05, 4.69) is 25.6 Å². The molecule has 0 saturated carbocycles. The van der Waals surface area contributed by atoms with Crippen molar-refractivity contribution in [3.63, 3.8) is 0 Å². The molecule has 0 saturated heterocycles. The van der Waals surface area contributed by atoms with Crippen LogP contribution in [0.3, 0.4) is 0 Å². The maximum absolute atomic E-state index is 5.38. The summed E-state index contributed by atoms with van der Waals surface area (Å²) < 4.78 is 5.29. The van der Waals surface area contributed by atoms with Crippen LogP contribution in [0.4, 0.5) is 5.82 Å². The molecule has 2 heterocycles. The minimum atomic E-state index is 0.210. The number of nitrogens with one attached hydrogen (secondary N) is 1.